The average molecular weight is 338 g/mol. The van der Waals surface area contributed by atoms with Crippen molar-refractivity contribution in [3.8, 4) is 0 Å². The maximum atomic E-state index is 12.2. The van der Waals surface area contributed by atoms with Crippen molar-refractivity contribution in [2.75, 3.05) is 7.05 Å². The SMILES string of the molecule is CCC(C(=O)NC)n1ccsc1=NC(=O)c1cccc(Cl)c1. The van der Waals surface area contributed by atoms with Crippen molar-refractivity contribution in [1.82, 2.24) is 9.88 Å². The first kappa shape index (κ1) is 16.5. The maximum absolute atomic E-state index is 12.2. The first-order valence-electron chi connectivity index (χ1n) is 6.78. The quantitative estimate of drug-likeness (QED) is 0.932. The molecule has 0 spiro atoms. The number of nitrogens with one attached hydrogen (secondary N) is 1. The minimum Gasteiger partial charge on any atom is -0.357 e. The van der Waals surface area contributed by atoms with Crippen LogP contribution in [0.15, 0.2) is 40.8 Å². The van der Waals surface area contributed by atoms with Gasteiger partial charge in [0.2, 0.25) is 5.91 Å². The molecule has 116 valence electrons. The zero-order chi connectivity index (χ0) is 16.1. The number of nitrogens with zero attached hydrogens (tertiary/aromatic N) is 2. The Hall–Kier alpha value is -1.92. The molecule has 5 nitrogen and oxygen atoms in total. The van der Waals surface area contributed by atoms with E-state index in [1.807, 2.05) is 6.92 Å². The summed E-state index contributed by atoms with van der Waals surface area (Å²) in [5.74, 6) is -0.497. The highest BCUT2D eigenvalue weighted by Crippen LogP contribution is 2.13. The lowest BCUT2D eigenvalue weighted by Gasteiger charge is -2.14. The Bertz CT molecular complexity index is 751. The molecule has 0 aliphatic carbocycles. The Balaban J connectivity index is 2.39. The number of aromatic nitrogens is 1. The van der Waals surface area contributed by atoms with E-state index < -0.39 is 0 Å². The molecule has 0 saturated heterocycles. The number of likely N-dealkylation sites (N-methyl/N-ethyl adjacent to an activating group) is 1. The van der Waals surface area contributed by atoms with Gasteiger partial charge < -0.3 is 9.88 Å². The molecule has 1 heterocycles. The van der Waals surface area contributed by atoms with E-state index in [1.54, 1.807) is 47.5 Å². The summed E-state index contributed by atoms with van der Waals surface area (Å²) in [6.45, 7) is 1.91. The van der Waals surface area contributed by atoms with Gasteiger partial charge in [0, 0.05) is 29.2 Å². The lowest BCUT2D eigenvalue weighted by atomic mass is 10.2. The summed E-state index contributed by atoms with van der Waals surface area (Å²) in [7, 11) is 1.59. The normalized spacial score (nSPS) is 13.0. The monoisotopic (exact) mass is 337 g/mol. The lowest BCUT2D eigenvalue weighted by Crippen LogP contribution is -2.33. The second kappa shape index (κ2) is 7.38. The number of halogens is 1. The third kappa shape index (κ3) is 3.64. The van der Waals surface area contributed by atoms with E-state index in [-0.39, 0.29) is 17.9 Å². The van der Waals surface area contributed by atoms with Gasteiger partial charge >= 0.3 is 0 Å². The molecule has 0 aliphatic rings. The van der Waals surface area contributed by atoms with E-state index >= 15 is 0 Å². The Kier molecular flexibility index (Phi) is 5.51. The summed E-state index contributed by atoms with van der Waals surface area (Å²) in [6, 6.07) is 6.24. The predicted octanol–water partition coefficient (Wildman–Crippen LogP) is 2.64. The summed E-state index contributed by atoms with van der Waals surface area (Å²) >= 11 is 7.20. The minimum absolute atomic E-state index is 0.113. The van der Waals surface area contributed by atoms with E-state index in [0.717, 1.165) is 0 Å². The number of carbonyl (C=O) groups excluding carboxylic acids is 2. The largest absolute Gasteiger partial charge is 0.357 e. The van der Waals surface area contributed by atoms with Crippen LogP contribution >= 0.6 is 22.9 Å². The van der Waals surface area contributed by atoms with Gasteiger partial charge in [0.05, 0.1) is 0 Å². The van der Waals surface area contributed by atoms with Crippen LogP contribution in [0.2, 0.25) is 5.02 Å². The summed E-state index contributed by atoms with van der Waals surface area (Å²) in [5.41, 5.74) is 0.417. The van der Waals surface area contributed by atoms with Gasteiger partial charge in [-0.1, -0.05) is 24.6 Å². The van der Waals surface area contributed by atoms with E-state index in [4.69, 9.17) is 11.6 Å². The lowest BCUT2D eigenvalue weighted by molar-refractivity contribution is -0.124. The number of hydrogen-bond acceptors (Lipinski definition) is 3. The molecular weight excluding hydrogens is 322 g/mol. The molecule has 2 aromatic rings. The smallest absolute Gasteiger partial charge is 0.279 e. The fourth-order valence-corrected chi connectivity index (χ4v) is 3.00. The second-order valence-electron chi connectivity index (χ2n) is 4.56. The van der Waals surface area contributed by atoms with Gasteiger partial charge in [-0.05, 0) is 24.6 Å². The molecule has 0 fully saturated rings. The maximum Gasteiger partial charge on any atom is 0.279 e. The topological polar surface area (TPSA) is 63.5 Å². The zero-order valence-electron chi connectivity index (χ0n) is 12.2. The summed E-state index contributed by atoms with van der Waals surface area (Å²) in [5, 5.41) is 4.91. The molecule has 2 rings (SSSR count). The fraction of sp³-hybridized carbons (Fsp3) is 0.267. The molecule has 2 amide bonds. The van der Waals surface area contributed by atoms with Crippen LogP contribution in [-0.2, 0) is 4.79 Å². The second-order valence-corrected chi connectivity index (χ2v) is 5.87. The molecular formula is C15H16ClN3O2S. The molecule has 0 aliphatic heterocycles. The molecule has 1 unspecified atom stereocenters. The predicted molar refractivity (Wildman–Crippen MR) is 87.0 cm³/mol. The van der Waals surface area contributed by atoms with Crippen LogP contribution < -0.4 is 10.1 Å². The van der Waals surface area contributed by atoms with Crippen molar-refractivity contribution in [3.63, 3.8) is 0 Å². The summed E-state index contributed by atoms with van der Waals surface area (Å²) < 4.78 is 1.71. The number of amides is 2. The molecule has 0 saturated carbocycles. The van der Waals surface area contributed by atoms with Crippen LogP contribution in [-0.4, -0.2) is 23.4 Å². The Labute approximate surface area is 137 Å². The molecule has 1 aromatic heterocycles. The molecule has 0 bridgehead atoms. The van der Waals surface area contributed by atoms with Gasteiger partial charge in [-0.15, -0.1) is 11.3 Å². The van der Waals surface area contributed by atoms with Gasteiger partial charge in [0.25, 0.3) is 5.91 Å². The third-order valence-electron chi connectivity index (χ3n) is 3.16. The molecule has 7 heteroatoms. The van der Waals surface area contributed by atoms with Gasteiger partial charge in [0.15, 0.2) is 4.80 Å². The van der Waals surface area contributed by atoms with Crippen molar-refractivity contribution in [2.45, 2.75) is 19.4 Å². The first-order chi connectivity index (χ1) is 10.6. The van der Waals surface area contributed by atoms with Crippen molar-refractivity contribution in [3.05, 3.63) is 51.2 Å². The Morgan fingerprint density at radius 1 is 1.45 bits per heavy atom. The van der Waals surface area contributed by atoms with Gasteiger partial charge in [0.1, 0.15) is 6.04 Å². The highest BCUT2D eigenvalue weighted by Gasteiger charge is 2.18. The van der Waals surface area contributed by atoms with Crippen molar-refractivity contribution < 1.29 is 9.59 Å². The highest BCUT2D eigenvalue weighted by molar-refractivity contribution is 7.07. The van der Waals surface area contributed by atoms with Crippen LogP contribution in [0, 0.1) is 0 Å². The van der Waals surface area contributed by atoms with E-state index in [0.29, 0.717) is 21.8 Å². The van der Waals surface area contributed by atoms with Crippen LogP contribution in [0.25, 0.3) is 0 Å². The number of hydrogen-bond donors (Lipinski definition) is 1. The number of benzene rings is 1. The molecule has 1 aromatic carbocycles. The van der Waals surface area contributed by atoms with Crippen molar-refractivity contribution in [1.29, 1.82) is 0 Å². The summed E-state index contributed by atoms with van der Waals surface area (Å²) in [4.78, 5) is 28.8. The number of carbonyl (C=O) groups is 2. The first-order valence-corrected chi connectivity index (χ1v) is 8.04. The van der Waals surface area contributed by atoms with Gasteiger partial charge in [-0.25, -0.2) is 0 Å². The Morgan fingerprint density at radius 2 is 2.23 bits per heavy atom. The zero-order valence-corrected chi connectivity index (χ0v) is 13.8. The molecule has 22 heavy (non-hydrogen) atoms. The molecule has 0 radical (unpaired) electrons. The molecule has 1 atom stereocenters. The van der Waals surface area contributed by atoms with E-state index in [2.05, 4.69) is 10.3 Å². The van der Waals surface area contributed by atoms with Crippen LogP contribution in [0.4, 0.5) is 0 Å². The Morgan fingerprint density at radius 3 is 2.86 bits per heavy atom. The molecule has 1 N–H and O–H groups in total. The van der Waals surface area contributed by atoms with Crippen molar-refractivity contribution >= 4 is 34.8 Å². The minimum atomic E-state index is -0.387. The fourth-order valence-electron chi connectivity index (χ4n) is 2.05. The summed E-state index contributed by atoms with van der Waals surface area (Å²) in [6.07, 6.45) is 2.37. The van der Waals surface area contributed by atoms with E-state index in [1.165, 1.54) is 11.3 Å². The number of rotatable bonds is 4. The third-order valence-corrected chi connectivity index (χ3v) is 4.16. The van der Waals surface area contributed by atoms with Crippen molar-refractivity contribution in [2.24, 2.45) is 4.99 Å². The number of thiazole rings is 1. The van der Waals surface area contributed by atoms with Crippen LogP contribution in [0.1, 0.15) is 29.7 Å². The van der Waals surface area contributed by atoms with Crippen LogP contribution in [0.5, 0.6) is 0 Å². The van der Waals surface area contributed by atoms with E-state index in [9.17, 15) is 9.59 Å². The average Bonchev–Trinajstić information content (AvgIpc) is 2.95. The van der Waals surface area contributed by atoms with Gasteiger partial charge in [-0.2, -0.15) is 4.99 Å². The standard InChI is InChI=1S/C15H16ClN3O2S/c1-3-12(14(21)17-2)19-7-8-22-15(19)18-13(20)10-5-4-6-11(16)9-10/h4-9,12H,3H2,1-2H3,(H,17,21). The van der Waals surface area contributed by atoms with Crippen LogP contribution in [0.3, 0.4) is 0 Å². The highest BCUT2D eigenvalue weighted by atomic mass is 35.5. The van der Waals surface area contributed by atoms with Gasteiger partial charge in [-0.3, -0.25) is 9.59 Å².